The van der Waals surface area contributed by atoms with Crippen LogP contribution in [0.15, 0.2) is 18.2 Å². The molecule has 0 saturated carbocycles. The van der Waals surface area contributed by atoms with Gasteiger partial charge in [0, 0.05) is 0 Å². The fraction of sp³-hybridized carbons (Fsp3) is 0.143. The van der Waals surface area contributed by atoms with E-state index in [9.17, 15) is 0 Å². The van der Waals surface area contributed by atoms with Crippen LogP contribution < -0.4 is 0 Å². The molecule has 0 bridgehead atoms. The second-order valence-corrected chi connectivity index (χ2v) is 2.08. The van der Waals surface area contributed by atoms with Crippen molar-refractivity contribution < 1.29 is 16.3 Å². The van der Waals surface area contributed by atoms with Gasteiger partial charge in [0.05, 0.1) is 0 Å². The van der Waals surface area contributed by atoms with Gasteiger partial charge in [-0.2, -0.15) is 35.9 Å². The van der Waals surface area contributed by atoms with Crippen LogP contribution in [-0.2, 0) is 16.3 Å². The average molecular weight is 271 g/mol. The van der Waals surface area contributed by atoms with Crippen LogP contribution in [0.5, 0.6) is 0 Å². The van der Waals surface area contributed by atoms with E-state index < -0.39 is 0 Å². The van der Waals surface area contributed by atoms with Crippen LogP contribution in [-0.4, -0.2) is 0 Å². The second kappa shape index (κ2) is 6.33. The Morgan fingerprint density at radius 2 is 2.20 bits per heavy atom. The maximum atomic E-state index is 5.68. The van der Waals surface area contributed by atoms with Gasteiger partial charge in [0.25, 0.3) is 0 Å². The van der Waals surface area contributed by atoms with E-state index in [1.54, 1.807) is 6.07 Å². The van der Waals surface area contributed by atoms with E-state index in [2.05, 4.69) is 19.7 Å². The maximum absolute atomic E-state index is 5.68. The Labute approximate surface area is 83.0 Å². The Bertz CT molecular complexity index is 170. The zero-order chi connectivity index (χ0) is 7.98. The van der Waals surface area contributed by atoms with Crippen LogP contribution >= 0.6 is 25.2 Å². The Kier molecular flexibility index (Phi) is 6.72. The van der Waals surface area contributed by atoms with E-state index in [1.165, 1.54) is 16.3 Å². The van der Waals surface area contributed by atoms with Gasteiger partial charge in [-0.05, 0) is 0 Å². The number of halogens is 2. The summed E-state index contributed by atoms with van der Waals surface area (Å²) >= 11 is 9.93. The van der Waals surface area contributed by atoms with Crippen molar-refractivity contribution in [2.24, 2.45) is 0 Å². The quantitative estimate of drug-likeness (QED) is 0.501. The molecular formula is C7H6BrClZn. The summed E-state index contributed by atoms with van der Waals surface area (Å²) in [4.78, 5) is 0. The van der Waals surface area contributed by atoms with Crippen molar-refractivity contribution in [2.75, 3.05) is 0 Å². The van der Waals surface area contributed by atoms with Gasteiger partial charge < -0.3 is 0 Å². The molecule has 0 fully saturated rings. The third-order valence-electron chi connectivity index (χ3n) is 1.02. The average Bonchev–Trinajstić information content (AvgIpc) is 2.00. The van der Waals surface area contributed by atoms with Crippen LogP contribution in [0.4, 0.5) is 0 Å². The molecule has 0 saturated heterocycles. The topological polar surface area (TPSA) is 0 Å². The first-order valence-electron chi connectivity index (χ1n) is 2.69. The predicted octanol–water partition coefficient (Wildman–Crippen LogP) is 3.29. The first kappa shape index (κ1) is 10.6. The summed E-state index contributed by atoms with van der Waals surface area (Å²) in [5, 5.41) is 0.785. The summed E-state index contributed by atoms with van der Waals surface area (Å²) in [6.45, 7) is 1.97. The van der Waals surface area contributed by atoms with Gasteiger partial charge in [0.2, 0.25) is 0 Å². The molecule has 1 rings (SSSR count). The molecule has 1 aromatic carbocycles. The molecule has 1 aromatic rings. The summed E-state index contributed by atoms with van der Waals surface area (Å²) in [6, 6.07) is 8.41. The zero-order valence-electron chi connectivity index (χ0n) is 5.70. The molecular weight excluding hydrogens is 265 g/mol. The fourth-order valence-electron chi connectivity index (χ4n) is 0.488. The number of rotatable bonds is 0. The second-order valence-electron chi connectivity index (χ2n) is 1.68. The van der Waals surface area contributed by atoms with Crippen LogP contribution in [0.3, 0.4) is 0 Å². The summed E-state index contributed by atoms with van der Waals surface area (Å²) < 4.78 is 0. The number of hydrogen-bond acceptors (Lipinski definition) is 0. The van der Waals surface area contributed by atoms with Crippen LogP contribution in [0, 0.1) is 13.0 Å². The van der Waals surface area contributed by atoms with Crippen molar-refractivity contribution >= 4 is 25.2 Å². The van der Waals surface area contributed by atoms with Crippen molar-refractivity contribution in [1.82, 2.24) is 0 Å². The molecule has 0 aliphatic carbocycles. The van der Waals surface area contributed by atoms with Gasteiger partial charge in [-0.3, -0.25) is 0 Å². The minimum absolute atomic E-state index is 0.785. The van der Waals surface area contributed by atoms with Gasteiger partial charge >= 0.3 is 30.0 Å². The Hall–Kier alpha value is 0.613. The Morgan fingerprint density at radius 3 is 2.50 bits per heavy atom. The van der Waals surface area contributed by atoms with Gasteiger partial charge in [-0.1, -0.05) is 11.9 Å². The van der Waals surface area contributed by atoms with Gasteiger partial charge in [0.15, 0.2) is 0 Å². The van der Waals surface area contributed by atoms with E-state index in [0.717, 1.165) is 10.6 Å². The molecule has 0 radical (unpaired) electrons. The molecule has 0 nitrogen and oxygen atoms in total. The van der Waals surface area contributed by atoms with Crippen LogP contribution in [0.25, 0.3) is 0 Å². The van der Waals surface area contributed by atoms with E-state index >= 15 is 0 Å². The van der Waals surface area contributed by atoms with Gasteiger partial charge in [-0.25, -0.2) is 0 Å². The molecule has 0 N–H and O–H groups in total. The molecule has 0 aliphatic rings. The van der Waals surface area contributed by atoms with E-state index in [4.69, 9.17) is 11.6 Å². The number of aryl methyl sites for hydroxylation is 1. The number of hydrogen-bond donors (Lipinski definition) is 0. The Morgan fingerprint density at radius 1 is 1.60 bits per heavy atom. The first-order chi connectivity index (χ1) is 4.80. The molecule has 0 unspecified atom stereocenters. The summed E-state index contributed by atoms with van der Waals surface area (Å²) in [5.74, 6) is 0. The molecule has 0 spiro atoms. The number of benzene rings is 1. The van der Waals surface area contributed by atoms with Gasteiger partial charge in [-0.15, -0.1) is 5.56 Å². The van der Waals surface area contributed by atoms with Crippen molar-refractivity contribution in [3.05, 3.63) is 34.9 Å². The molecule has 10 heavy (non-hydrogen) atoms. The third-order valence-corrected chi connectivity index (χ3v) is 1.42. The summed E-state index contributed by atoms with van der Waals surface area (Å²) in [5.41, 5.74) is 1.10. The normalized spacial score (nSPS) is 8.10. The zero-order valence-corrected chi connectivity index (χ0v) is 11.0. The summed E-state index contributed by atoms with van der Waals surface area (Å²) in [7, 11) is 0. The SMILES string of the molecule is Cc1cc[c-]cc1Cl.[Zn+][Br]. The third kappa shape index (κ3) is 3.70. The van der Waals surface area contributed by atoms with E-state index in [-0.39, 0.29) is 0 Å². The van der Waals surface area contributed by atoms with Crippen molar-refractivity contribution in [3.63, 3.8) is 0 Å². The molecule has 0 aliphatic heterocycles. The molecule has 0 aromatic heterocycles. The van der Waals surface area contributed by atoms with Crippen molar-refractivity contribution in [2.45, 2.75) is 6.92 Å². The minimum atomic E-state index is 0.785. The standard InChI is InChI=1S/C7H6Cl.BrH.Zn/c1-6-4-2-3-5-7(6)8;;/h2,4-5H,1H3;1H;/q-1;;+2/p-1. The predicted molar refractivity (Wildman–Crippen MR) is 44.0 cm³/mol. The van der Waals surface area contributed by atoms with Crippen molar-refractivity contribution in [1.29, 1.82) is 0 Å². The van der Waals surface area contributed by atoms with Crippen LogP contribution in [0.2, 0.25) is 5.02 Å². The molecule has 0 amide bonds. The van der Waals surface area contributed by atoms with Crippen molar-refractivity contribution in [3.8, 4) is 0 Å². The Balaban J connectivity index is 0.000000371. The molecule has 50 valence electrons. The van der Waals surface area contributed by atoms with Crippen LogP contribution in [0.1, 0.15) is 5.56 Å². The molecule has 3 heteroatoms. The van der Waals surface area contributed by atoms with Gasteiger partial charge in [0.1, 0.15) is 0 Å². The first-order valence-corrected chi connectivity index (χ1v) is 10.0. The fourth-order valence-corrected chi connectivity index (χ4v) is 0.614. The molecule has 0 atom stereocenters. The monoisotopic (exact) mass is 268 g/mol. The van der Waals surface area contributed by atoms with E-state index in [0.29, 0.717) is 0 Å². The summed E-state index contributed by atoms with van der Waals surface area (Å²) in [6.07, 6.45) is 0. The van der Waals surface area contributed by atoms with E-state index in [1.807, 2.05) is 19.1 Å². The molecule has 0 heterocycles.